The first kappa shape index (κ1) is 13.9. The van der Waals surface area contributed by atoms with Gasteiger partial charge in [0, 0.05) is 20.0 Å². The molecule has 2 N–H and O–H groups in total. The number of methoxy groups -OCH3 is 1. The molecular formula is C10H20N2O3. The topological polar surface area (TPSA) is 72.6 Å². The van der Waals surface area contributed by atoms with Crippen LogP contribution < -0.4 is 5.73 Å². The number of esters is 1. The van der Waals surface area contributed by atoms with Crippen LogP contribution in [0.3, 0.4) is 0 Å². The molecule has 0 radical (unpaired) electrons. The molecule has 0 aromatic heterocycles. The second-order valence-corrected chi connectivity index (χ2v) is 3.76. The van der Waals surface area contributed by atoms with E-state index in [0.29, 0.717) is 0 Å². The van der Waals surface area contributed by atoms with E-state index in [9.17, 15) is 9.59 Å². The van der Waals surface area contributed by atoms with Gasteiger partial charge in [0.25, 0.3) is 0 Å². The van der Waals surface area contributed by atoms with Crippen LogP contribution in [-0.2, 0) is 14.3 Å². The number of ether oxygens (including phenoxy) is 1. The minimum absolute atomic E-state index is 0.0178. The Kier molecular flexibility index (Phi) is 5.93. The van der Waals surface area contributed by atoms with Gasteiger partial charge in [-0.1, -0.05) is 13.8 Å². The van der Waals surface area contributed by atoms with Crippen molar-refractivity contribution in [3.8, 4) is 0 Å². The van der Waals surface area contributed by atoms with Crippen molar-refractivity contribution in [3.05, 3.63) is 0 Å². The van der Waals surface area contributed by atoms with E-state index >= 15 is 0 Å². The predicted octanol–water partition coefficient (Wildman–Crippen LogP) is -0.00880. The molecule has 1 amide bonds. The standard InChI is InChI=1S/C10H20N2O3/c1-7(2)9(10(14)15-4)12(3)8(13)5-6-11/h7,9H,5-6,11H2,1-4H3. The lowest BCUT2D eigenvalue weighted by Crippen LogP contribution is -2.46. The number of nitrogens with two attached hydrogens (primary N) is 1. The first-order valence-electron chi connectivity index (χ1n) is 4.99. The van der Waals surface area contributed by atoms with Crippen LogP contribution in [0.5, 0.6) is 0 Å². The van der Waals surface area contributed by atoms with Gasteiger partial charge in [0.15, 0.2) is 0 Å². The van der Waals surface area contributed by atoms with E-state index in [-0.39, 0.29) is 24.8 Å². The lowest BCUT2D eigenvalue weighted by atomic mass is 10.0. The maximum Gasteiger partial charge on any atom is 0.328 e. The van der Waals surface area contributed by atoms with Crippen molar-refractivity contribution in [2.24, 2.45) is 11.7 Å². The highest BCUT2D eigenvalue weighted by Gasteiger charge is 2.29. The van der Waals surface area contributed by atoms with Crippen LogP contribution in [0.25, 0.3) is 0 Å². The van der Waals surface area contributed by atoms with Crippen LogP contribution >= 0.6 is 0 Å². The van der Waals surface area contributed by atoms with Crippen molar-refractivity contribution < 1.29 is 14.3 Å². The van der Waals surface area contributed by atoms with Crippen LogP contribution in [0.15, 0.2) is 0 Å². The van der Waals surface area contributed by atoms with Crippen molar-refractivity contribution in [2.45, 2.75) is 26.3 Å². The van der Waals surface area contributed by atoms with Crippen LogP contribution in [0.1, 0.15) is 20.3 Å². The summed E-state index contributed by atoms with van der Waals surface area (Å²) in [7, 11) is 2.92. The van der Waals surface area contributed by atoms with Gasteiger partial charge in [0.1, 0.15) is 6.04 Å². The molecule has 5 heteroatoms. The van der Waals surface area contributed by atoms with E-state index < -0.39 is 12.0 Å². The molecule has 0 aliphatic rings. The normalized spacial score (nSPS) is 12.4. The van der Waals surface area contributed by atoms with E-state index in [1.54, 1.807) is 7.05 Å². The Morgan fingerprint density at radius 3 is 2.27 bits per heavy atom. The number of carbonyl (C=O) groups is 2. The lowest BCUT2D eigenvalue weighted by Gasteiger charge is -2.28. The Morgan fingerprint density at radius 1 is 1.40 bits per heavy atom. The molecule has 0 heterocycles. The maximum atomic E-state index is 11.5. The molecule has 0 saturated carbocycles. The highest BCUT2D eigenvalue weighted by atomic mass is 16.5. The summed E-state index contributed by atoms with van der Waals surface area (Å²) in [5, 5.41) is 0. The molecule has 0 aromatic rings. The minimum Gasteiger partial charge on any atom is -0.467 e. The third kappa shape index (κ3) is 3.87. The molecule has 0 rings (SSSR count). The zero-order valence-corrected chi connectivity index (χ0v) is 9.82. The zero-order chi connectivity index (χ0) is 12.0. The monoisotopic (exact) mass is 216 g/mol. The number of rotatable bonds is 5. The highest BCUT2D eigenvalue weighted by Crippen LogP contribution is 2.11. The fourth-order valence-corrected chi connectivity index (χ4v) is 1.45. The van der Waals surface area contributed by atoms with E-state index in [0.717, 1.165) is 0 Å². The minimum atomic E-state index is -0.533. The van der Waals surface area contributed by atoms with Crippen molar-refractivity contribution >= 4 is 11.9 Å². The number of hydrogen-bond acceptors (Lipinski definition) is 4. The molecule has 0 saturated heterocycles. The smallest absolute Gasteiger partial charge is 0.328 e. The van der Waals surface area contributed by atoms with E-state index in [1.165, 1.54) is 12.0 Å². The van der Waals surface area contributed by atoms with E-state index in [2.05, 4.69) is 4.74 Å². The molecule has 0 aliphatic heterocycles. The van der Waals surface area contributed by atoms with Gasteiger partial charge in [-0.2, -0.15) is 0 Å². The molecule has 5 nitrogen and oxygen atoms in total. The summed E-state index contributed by atoms with van der Waals surface area (Å²) in [6.45, 7) is 4.02. The first-order chi connectivity index (χ1) is 6.95. The Labute approximate surface area is 90.6 Å². The number of carbonyl (C=O) groups excluding carboxylic acids is 2. The number of amides is 1. The van der Waals surface area contributed by atoms with Crippen LogP contribution in [-0.4, -0.2) is 43.5 Å². The third-order valence-corrected chi connectivity index (χ3v) is 2.24. The largest absolute Gasteiger partial charge is 0.467 e. The number of likely N-dealkylation sites (N-methyl/N-ethyl adjacent to an activating group) is 1. The molecule has 15 heavy (non-hydrogen) atoms. The molecule has 0 fully saturated rings. The summed E-state index contributed by atoms with van der Waals surface area (Å²) >= 11 is 0. The second kappa shape index (κ2) is 6.40. The third-order valence-electron chi connectivity index (χ3n) is 2.24. The fourth-order valence-electron chi connectivity index (χ4n) is 1.45. The van der Waals surface area contributed by atoms with Crippen molar-refractivity contribution in [1.82, 2.24) is 4.90 Å². The van der Waals surface area contributed by atoms with Crippen molar-refractivity contribution in [1.29, 1.82) is 0 Å². The molecule has 1 atom stereocenters. The van der Waals surface area contributed by atoms with Gasteiger partial charge in [-0.3, -0.25) is 4.79 Å². The summed E-state index contributed by atoms with van der Waals surface area (Å²) in [5.74, 6) is -0.511. The Morgan fingerprint density at radius 2 is 1.93 bits per heavy atom. The molecule has 1 unspecified atom stereocenters. The van der Waals surface area contributed by atoms with Gasteiger partial charge in [0.2, 0.25) is 5.91 Å². The summed E-state index contributed by atoms with van der Waals surface area (Å²) in [4.78, 5) is 24.4. The predicted molar refractivity (Wildman–Crippen MR) is 57.1 cm³/mol. The Balaban J connectivity index is 4.62. The molecule has 0 aliphatic carbocycles. The summed E-state index contributed by atoms with van der Waals surface area (Å²) < 4.78 is 4.66. The van der Waals surface area contributed by atoms with Gasteiger partial charge in [-0.15, -0.1) is 0 Å². The molecule has 0 bridgehead atoms. The maximum absolute atomic E-state index is 11.5. The molecule has 88 valence electrons. The van der Waals surface area contributed by atoms with Gasteiger partial charge < -0.3 is 15.4 Å². The summed E-state index contributed by atoms with van der Waals surface area (Å²) in [6, 6.07) is -0.533. The summed E-state index contributed by atoms with van der Waals surface area (Å²) in [5.41, 5.74) is 5.29. The number of nitrogens with zero attached hydrogens (tertiary/aromatic N) is 1. The van der Waals surface area contributed by atoms with Crippen LogP contribution in [0.2, 0.25) is 0 Å². The van der Waals surface area contributed by atoms with Crippen LogP contribution in [0.4, 0.5) is 0 Å². The Bertz CT molecular complexity index is 229. The zero-order valence-electron chi connectivity index (χ0n) is 9.82. The second-order valence-electron chi connectivity index (χ2n) is 3.76. The van der Waals surface area contributed by atoms with Gasteiger partial charge in [0.05, 0.1) is 7.11 Å². The summed E-state index contributed by atoms with van der Waals surface area (Å²) in [6.07, 6.45) is 0.247. The molecule has 0 spiro atoms. The number of hydrogen-bond donors (Lipinski definition) is 1. The van der Waals surface area contributed by atoms with Crippen molar-refractivity contribution in [2.75, 3.05) is 20.7 Å². The van der Waals surface area contributed by atoms with Gasteiger partial charge in [-0.25, -0.2) is 4.79 Å². The molecular weight excluding hydrogens is 196 g/mol. The molecule has 0 aromatic carbocycles. The average molecular weight is 216 g/mol. The highest BCUT2D eigenvalue weighted by molar-refractivity contribution is 5.84. The van der Waals surface area contributed by atoms with E-state index in [1.807, 2.05) is 13.8 Å². The first-order valence-corrected chi connectivity index (χ1v) is 4.99. The fraction of sp³-hybridized carbons (Fsp3) is 0.800. The lowest BCUT2D eigenvalue weighted by molar-refractivity contribution is -0.153. The average Bonchev–Trinajstić information content (AvgIpc) is 2.17. The SMILES string of the molecule is COC(=O)C(C(C)C)N(C)C(=O)CCN. The quantitative estimate of drug-likeness (QED) is 0.656. The van der Waals surface area contributed by atoms with Crippen LogP contribution in [0, 0.1) is 5.92 Å². The van der Waals surface area contributed by atoms with Crippen molar-refractivity contribution in [3.63, 3.8) is 0 Å². The van der Waals surface area contributed by atoms with Gasteiger partial charge in [-0.05, 0) is 5.92 Å². The van der Waals surface area contributed by atoms with Gasteiger partial charge >= 0.3 is 5.97 Å². The Hall–Kier alpha value is -1.10. The van der Waals surface area contributed by atoms with E-state index in [4.69, 9.17) is 5.73 Å².